The van der Waals surface area contributed by atoms with E-state index in [9.17, 15) is 21.9 Å². The van der Waals surface area contributed by atoms with Crippen LogP contribution in [0.4, 0.5) is 17.1 Å². The summed E-state index contributed by atoms with van der Waals surface area (Å²) in [5.41, 5.74) is -2.34. The maximum atomic E-state index is 13.1. The molecule has 1 aliphatic rings. The molecular weight excluding hydrogens is 288 g/mol. The van der Waals surface area contributed by atoms with Gasteiger partial charge < -0.3 is 4.74 Å². The molecule has 0 radical (unpaired) electrons. The molecule has 0 spiro atoms. The van der Waals surface area contributed by atoms with Gasteiger partial charge in [-0.1, -0.05) is 0 Å². The minimum absolute atomic E-state index is 0.100. The first-order chi connectivity index (χ1) is 8.90. The van der Waals surface area contributed by atoms with E-state index in [1.54, 1.807) is 0 Å². The molecule has 0 bridgehead atoms. The van der Waals surface area contributed by atoms with Crippen LogP contribution in [-0.2, 0) is 10.9 Å². The van der Waals surface area contributed by atoms with Crippen molar-refractivity contribution >= 4 is 18.3 Å². The summed E-state index contributed by atoms with van der Waals surface area (Å²) in [6.45, 7) is 1.35. The third-order valence-electron chi connectivity index (χ3n) is 2.66. The van der Waals surface area contributed by atoms with Crippen LogP contribution in [0.25, 0.3) is 0 Å². The smallest absolute Gasteiger partial charge is 0.420 e. The van der Waals surface area contributed by atoms with E-state index in [0.717, 1.165) is 0 Å². The molecule has 0 N–H and O–H groups in total. The summed E-state index contributed by atoms with van der Waals surface area (Å²) in [6, 6.07) is 0. The number of carbonyl (C=O) groups is 1. The molecule has 0 aromatic carbocycles. The van der Waals surface area contributed by atoms with Gasteiger partial charge in [0.1, 0.15) is 5.56 Å². The fraction of sp³-hybridized carbons (Fsp3) is 0.600. The van der Waals surface area contributed by atoms with Gasteiger partial charge in [0.15, 0.2) is 18.0 Å². The Labute approximate surface area is 110 Å². The number of nitrogens with zero attached hydrogens (tertiary/aromatic N) is 2. The van der Waals surface area contributed by atoms with Crippen molar-refractivity contribution in [3.8, 4) is 0 Å². The van der Waals surface area contributed by atoms with Crippen molar-refractivity contribution in [2.75, 3.05) is 6.61 Å². The summed E-state index contributed by atoms with van der Waals surface area (Å²) in [6.07, 6.45) is -3.66. The highest BCUT2D eigenvalue weighted by molar-refractivity contribution is 7.92. The van der Waals surface area contributed by atoms with Crippen molar-refractivity contribution < 1.29 is 26.6 Å². The van der Waals surface area contributed by atoms with E-state index in [1.165, 1.54) is 6.92 Å². The molecule has 19 heavy (non-hydrogen) atoms. The highest BCUT2D eigenvalue weighted by Crippen LogP contribution is 2.47. The molecule has 9 heteroatoms. The third-order valence-corrected chi connectivity index (χ3v) is 3.06. The van der Waals surface area contributed by atoms with Gasteiger partial charge >= 0.3 is 12.1 Å². The molecule has 0 saturated heterocycles. The fourth-order valence-corrected chi connectivity index (χ4v) is 2.12. The van der Waals surface area contributed by atoms with Crippen LogP contribution in [0.1, 0.15) is 47.4 Å². The number of halogens is 4. The zero-order valence-electron chi connectivity index (χ0n) is 9.83. The zero-order valence-corrected chi connectivity index (χ0v) is 10.6. The van der Waals surface area contributed by atoms with E-state index < -0.39 is 35.7 Å². The van der Waals surface area contributed by atoms with Crippen molar-refractivity contribution in [2.24, 2.45) is 0 Å². The maximum absolute atomic E-state index is 13.1. The number of rotatable bonds is 4. The average Bonchev–Trinajstić information content (AvgIpc) is 3.07. The van der Waals surface area contributed by atoms with Crippen LogP contribution in [0.5, 0.6) is 0 Å². The minimum Gasteiger partial charge on any atom is -0.461 e. The van der Waals surface area contributed by atoms with E-state index >= 15 is 0 Å². The van der Waals surface area contributed by atoms with Gasteiger partial charge in [0, 0.05) is 5.92 Å². The van der Waals surface area contributed by atoms with E-state index in [1.807, 2.05) is 0 Å². The first-order valence-corrected chi connectivity index (χ1v) is 6.23. The molecule has 1 saturated carbocycles. The van der Waals surface area contributed by atoms with Crippen LogP contribution in [0.3, 0.4) is 0 Å². The van der Waals surface area contributed by atoms with Crippen LogP contribution >= 0.6 is 12.3 Å². The largest absolute Gasteiger partial charge is 0.461 e. The van der Waals surface area contributed by atoms with Crippen LogP contribution in [-0.4, -0.2) is 21.8 Å². The lowest BCUT2D eigenvalue weighted by Crippen LogP contribution is -2.17. The molecule has 1 aliphatic carbocycles. The number of ether oxygens (including phenoxy) is 1. The minimum atomic E-state index is -4.77. The molecule has 1 aromatic heterocycles. The topological polar surface area (TPSA) is 44.1 Å². The van der Waals surface area contributed by atoms with Crippen LogP contribution in [0, 0.1) is 0 Å². The van der Waals surface area contributed by atoms with E-state index in [0.29, 0.717) is 16.9 Å². The lowest BCUT2D eigenvalue weighted by molar-refractivity contribution is -0.138. The van der Waals surface area contributed by atoms with Gasteiger partial charge in [-0.3, -0.25) is 0 Å². The quantitative estimate of drug-likeness (QED) is 0.631. The summed E-state index contributed by atoms with van der Waals surface area (Å²) in [5, 5.41) is 3.54. The first kappa shape index (κ1) is 14.2. The van der Waals surface area contributed by atoms with Gasteiger partial charge in [-0.05, 0) is 19.8 Å². The number of aromatic nitrogens is 2. The SMILES string of the molecule is CCOC(=O)c1c(C(F)(F)F)c(C2CC2)nn1SF. The molecule has 106 valence electrons. The highest BCUT2D eigenvalue weighted by Gasteiger charge is 2.46. The Morgan fingerprint density at radius 3 is 2.58 bits per heavy atom. The summed E-state index contributed by atoms with van der Waals surface area (Å²) >= 11 is -0.549. The molecule has 1 heterocycles. The van der Waals surface area contributed by atoms with Crippen molar-refractivity contribution in [3.05, 3.63) is 17.0 Å². The van der Waals surface area contributed by atoms with E-state index in [-0.39, 0.29) is 18.2 Å². The van der Waals surface area contributed by atoms with Crippen LogP contribution < -0.4 is 0 Å². The maximum Gasteiger partial charge on any atom is 0.420 e. The normalized spacial score (nSPS) is 15.6. The van der Waals surface area contributed by atoms with Crippen LogP contribution in [0.15, 0.2) is 0 Å². The Bertz CT molecular complexity index is 496. The van der Waals surface area contributed by atoms with E-state index in [4.69, 9.17) is 0 Å². The number of hydrogen-bond donors (Lipinski definition) is 0. The molecule has 1 aromatic rings. The monoisotopic (exact) mass is 298 g/mol. The summed E-state index contributed by atoms with van der Waals surface area (Å²) < 4.78 is 56.7. The predicted octanol–water partition coefficient (Wildman–Crippen LogP) is 3.34. The molecular formula is C10H10F4N2O2S. The van der Waals surface area contributed by atoms with Crippen molar-refractivity contribution in [1.29, 1.82) is 0 Å². The molecule has 2 rings (SSSR count). The van der Waals surface area contributed by atoms with Gasteiger partial charge in [0.05, 0.1) is 12.3 Å². The summed E-state index contributed by atoms with van der Waals surface area (Å²) in [7, 11) is 0. The standard InChI is InChI=1S/C10H10F4N2O2S/c1-2-18-9(17)8-6(10(11,12)13)7(5-3-4-5)15-16(8)19-14/h5H,2-4H2,1H3. The second-order valence-electron chi connectivity index (χ2n) is 4.04. The number of alkyl halides is 3. The Morgan fingerprint density at radius 1 is 1.53 bits per heavy atom. The van der Waals surface area contributed by atoms with Gasteiger partial charge in [0.2, 0.25) is 0 Å². The Morgan fingerprint density at radius 2 is 2.16 bits per heavy atom. The van der Waals surface area contributed by atoms with Gasteiger partial charge in [0.25, 0.3) is 0 Å². The van der Waals surface area contributed by atoms with Crippen molar-refractivity contribution in [2.45, 2.75) is 31.9 Å². The van der Waals surface area contributed by atoms with Crippen molar-refractivity contribution in [1.82, 2.24) is 9.19 Å². The van der Waals surface area contributed by atoms with E-state index in [2.05, 4.69) is 9.84 Å². The average molecular weight is 298 g/mol. The predicted molar refractivity (Wildman–Crippen MR) is 59.3 cm³/mol. The number of esters is 1. The Hall–Kier alpha value is -1.25. The summed E-state index contributed by atoms with van der Waals surface area (Å²) in [4.78, 5) is 11.6. The molecule has 1 fully saturated rings. The highest BCUT2D eigenvalue weighted by atomic mass is 32.2. The molecule has 4 nitrogen and oxygen atoms in total. The Kier molecular flexibility index (Phi) is 3.75. The summed E-state index contributed by atoms with van der Waals surface area (Å²) in [5.74, 6) is -1.59. The lowest BCUT2D eigenvalue weighted by atomic mass is 10.1. The van der Waals surface area contributed by atoms with Gasteiger partial charge in [-0.15, -0.1) is 3.89 Å². The molecule has 0 unspecified atom stereocenters. The van der Waals surface area contributed by atoms with Gasteiger partial charge in [-0.2, -0.15) is 22.4 Å². The lowest BCUT2D eigenvalue weighted by Gasteiger charge is -2.09. The molecule has 0 atom stereocenters. The first-order valence-electron chi connectivity index (χ1n) is 5.56. The number of carbonyl (C=O) groups excluding carboxylic acids is 1. The number of hydrogen-bond acceptors (Lipinski definition) is 4. The molecule has 0 amide bonds. The third kappa shape index (κ3) is 2.70. The van der Waals surface area contributed by atoms with Crippen LogP contribution in [0.2, 0.25) is 0 Å². The second kappa shape index (κ2) is 5.03. The van der Waals surface area contributed by atoms with Gasteiger partial charge in [-0.25, -0.2) is 4.79 Å². The molecule has 0 aliphatic heterocycles. The zero-order chi connectivity index (χ0) is 14.2. The second-order valence-corrected chi connectivity index (χ2v) is 4.53. The fourth-order valence-electron chi connectivity index (χ4n) is 1.77. The Balaban J connectivity index is 2.57. The van der Waals surface area contributed by atoms with Crippen molar-refractivity contribution in [3.63, 3.8) is 0 Å².